The average molecular weight is 362 g/mol. The molecule has 3 aromatic rings. The van der Waals surface area contributed by atoms with E-state index in [0.717, 1.165) is 15.4 Å². The quantitative estimate of drug-likeness (QED) is 0.722. The molecule has 0 radical (unpaired) electrons. The van der Waals surface area contributed by atoms with E-state index in [1.54, 1.807) is 18.3 Å². The molecule has 0 spiro atoms. The molecule has 3 rings (SSSR count). The number of nitrogen functional groups attached to an aromatic ring is 1. The van der Waals surface area contributed by atoms with E-state index in [-0.39, 0.29) is 5.75 Å². The van der Waals surface area contributed by atoms with Crippen molar-refractivity contribution in [2.75, 3.05) is 18.2 Å². The molecule has 0 bridgehead atoms. The van der Waals surface area contributed by atoms with Gasteiger partial charge in [0.1, 0.15) is 0 Å². The number of methoxy groups -OCH3 is 1. The first-order valence-corrected chi connectivity index (χ1v) is 7.32. The predicted molar refractivity (Wildman–Crippen MR) is 90.1 cm³/mol. The number of ether oxygens (including phenoxy) is 1. The number of pyridine rings is 1. The van der Waals surface area contributed by atoms with Gasteiger partial charge in [-0.05, 0) is 30.3 Å². The van der Waals surface area contributed by atoms with Crippen LogP contribution >= 0.6 is 15.9 Å². The van der Waals surface area contributed by atoms with Gasteiger partial charge in [-0.25, -0.2) is 4.39 Å². The lowest BCUT2D eigenvalue weighted by atomic mass is 10.1. The lowest BCUT2D eigenvalue weighted by Gasteiger charge is -2.13. The maximum Gasteiger partial charge on any atom is 0.167 e. The molecule has 0 saturated heterocycles. The molecule has 3 N–H and O–H groups in total. The van der Waals surface area contributed by atoms with Crippen LogP contribution in [0, 0.1) is 5.82 Å². The molecule has 0 atom stereocenters. The van der Waals surface area contributed by atoms with Gasteiger partial charge >= 0.3 is 0 Å². The van der Waals surface area contributed by atoms with E-state index in [9.17, 15) is 4.39 Å². The SMILES string of the molecule is COc1ccc(Nc2c(N)cnc3ccc(Br)cc23)cc1F. The second-order valence-electron chi connectivity index (χ2n) is 4.72. The molecule has 4 nitrogen and oxygen atoms in total. The topological polar surface area (TPSA) is 60.2 Å². The van der Waals surface area contributed by atoms with Crippen LogP contribution < -0.4 is 15.8 Å². The number of anilines is 3. The van der Waals surface area contributed by atoms with Gasteiger partial charge in [-0.2, -0.15) is 0 Å². The fraction of sp³-hybridized carbons (Fsp3) is 0.0625. The molecule has 0 fully saturated rings. The third kappa shape index (κ3) is 2.69. The third-order valence-electron chi connectivity index (χ3n) is 3.28. The van der Waals surface area contributed by atoms with Crippen molar-refractivity contribution in [2.45, 2.75) is 0 Å². The monoisotopic (exact) mass is 361 g/mol. The molecule has 0 aliphatic carbocycles. The summed E-state index contributed by atoms with van der Waals surface area (Å²) in [6, 6.07) is 10.4. The fourth-order valence-electron chi connectivity index (χ4n) is 2.21. The summed E-state index contributed by atoms with van der Waals surface area (Å²) in [6.45, 7) is 0. The molecule has 22 heavy (non-hydrogen) atoms. The van der Waals surface area contributed by atoms with Gasteiger partial charge in [0.2, 0.25) is 0 Å². The summed E-state index contributed by atoms with van der Waals surface area (Å²) in [4.78, 5) is 4.29. The van der Waals surface area contributed by atoms with E-state index in [1.165, 1.54) is 13.2 Å². The number of nitrogens with two attached hydrogens (primary N) is 1. The van der Waals surface area contributed by atoms with Gasteiger partial charge < -0.3 is 15.8 Å². The summed E-state index contributed by atoms with van der Waals surface area (Å²) < 4.78 is 19.6. The predicted octanol–water partition coefficient (Wildman–Crippen LogP) is 4.47. The highest BCUT2D eigenvalue weighted by molar-refractivity contribution is 9.10. The van der Waals surface area contributed by atoms with Crippen LogP contribution in [-0.2, 0) is 0 Å². The smallest absolute Gasteiger partial charge is 0.167 e. The lowest BCUT2D eigenvalue weighted by Crippen LogP contribution is -1.99. The Morgan fingerprint density at radius 2 is 2.05 bits per heavy atom. The number of benzene rings is 2. The maximum atomic E-state index is 13.8. The van der Waals surface area contributed by atoms with Gasteiger partial charge in [0.15, 0.2) is 11.6 Å². The second kappa shape index (κ2) is 5.81. The Morgan fingerprint density at radius 3 is 2.77 bits per heavy atom. The highest BCUT2D eigenvalue weighted by Gasteiger charge is 2.09. The molecular weight excluding hydrogens is 349 g/mol. The Labute approximate surface area is 135 Å². The number of hydrogen-bond acceptors (Lipinski definition) is 4. The zero-order valence-corrected chi connectivity index (χ0v) is 13.3. The van der Waals surface area contributed by atoms with Crippen molar-refractivity contribution in [1.82, 2.24) is 4.98 Å². The molecular formula is C16H13BrFN3O. The molecule has 1 aromatic heterocycles. The van der Waals surface area contributed by atoms with E-state index < -0.39 is 5.82 Å². The number of nitrogens with one attached hydrogen (secondary N) is 1. The maximum absolute atomic E-state index is 13.8. The summed E-state index contributed by atoms with van der Waals surface area (Å²) in [7, 11) is 1.43. The lowest BCUT2D eigenvalue weighted by molar-refractivity contribution is 0.386. The van der Waals surface area contributed by atoms with Crippen LogP contribution in [0.2, 0.25) is 0 Å². The first-order chi connectivity index (χ1) is 10.6. The van der Waals surface area contributed by atoms with E-state index in [1.807, 2.05) is 18.2 Å². The molecule has 112 valence electrons. The normalized spacial score (nSPS) is 10.7. The van der Waals surface area contributed by atoms with E-state index in [2.05, 4.69) is 26.2 Å². The summed E-state index contributed by atoms with van der Waals surface area (Å²) >= 11 is 3.43. The molecule has 0 saturated carbocycles. The average Bonchev–Trinajstić information content (AvgIpc) is 2.50. The van der Waals surface area contributed by atoms with Crippen molar-refractivity contribution in [3.8, 4) is 5.75 Å². The van der Waals surface area contributed by atoms with Crippen LogP contribution in [0.25, 0.3) is 10.9 Å². The molecule has 1 heterocycles. The van der Waals surface area contributed by atoms with Gasteiger partial charge in [-0.3, -0.25) is 4.98 Å². The van der Waals surface area contributed by atoms with Crippen LogP contribution in [0.4, 0.5) is 21.5 Å². The highest BCUT2D eigenvalue weighted by Crippen LogP contribution is 2.33. The summed E-state index contributed by atoms with van der Waals surface area (Å²) in [5.41, 5.74) is 8.58. The van der Waals surface area contributed by atoms with E-state index in [4.69, 9.17) is 10.5 Å². The van der Waals surface area contributed by atoms with Crippen molar-refractivity contribution >= 4 is 43.9 Å². The summed E-state index contributed by atoms with van der Waals surface area (Å²) in [5, 5.41) is 4.01. The van der Waals surface area contributed by atoms with Crippen LogP contribution in [0.3, 0.4) is 0 Å². The Hall–Kier alpha value is -2.34. The van der Waals surface area contributed by atoms with Gasteiger partial charge in [0.25, 0.3) is 0 Å². The van der Waals surface area contributed by atoms with Gasteiger partial charge in [-0.15, -0.1) is 0 Å². The third-order valence-corrected chi connectivity index (χ3v) is 3.77. The Morgan fingerprint density at radius 1 is 1.23 bits per heavy atom. The first kappa shape index (κ1) is 14.6. The molecule has 0 unspecified atom stereocenters. The van der Waals surface area contributed by atoms with Gasteiger partial charge in [-0.1, -0.05) is 15.9 Å². The number of nitrogens with zero attached hydrogens (tertiary/aromatic N) is 1. The zero-order chi connectivity index (χ0) is 15.7. The highest BCUT2D eigenvalue weighted by atomic mass is 79.9. The van der Waals surface area contributed by atoms with Crippen molar-refractivity contribution in [2.24, 2.45) is 0 Å². The minimum Gasteiger partial charge on any atom is -0.494 e. The number of rotatable bonds is 3. The Balaban J connectivity index is 2.08. The van der Waals surface area contributed by atoms with Crippen molar-refractivity contribution in [1.29, 1.82) is 0 Å². The van der Waals surface area contributed by atoms with Crippen LogP contribution in [0.5, 0.6) is 5.75 Å². The van der Waals surface area contributed by atoms with Crippen LogP contribution in [0.1, 0.15) is 0 Å². The molecule has 0 aliphatic rings. The Bertz CT molecular complexity index is 849. The van der Waals surface area contributed by atoms with Gasteiger partial charge in [0.05, 0.1) is 30.2 Å². The zero-order valence-electron chi connectivity index (χ0n) is 11.7. The second-order valence-corrected chi connectivity index (χ2v) is 5.64. The standard InChI is InChI=1S/C16H13BrFN3O/c1-22-15-5-3-10(7-12(15)18)21-16-11-6-9(17)2-4-14(11)20-8-13(16)19/h2-8H,19H2,1H3,(H,20,21). The number of hydrogen-bond donors (Lipinski definition) is 2. The van der Waals surface area contributed by atoms with Crippen LogP contribution in [0.15, 0.2) is 47.1 Å². The number of aromatic nitrogens is 1. The molecule has 6 heteroatoms. The summed E-state index contributed by atoms with van der Waals surface area (Å²) in [6.07, 6.45) is 1.58. The summed E-state index contributed by atoms with van der Waals surface area (Å²) in [5.74, 6) is -0.244. The Kier molecular flexibility index (Phi) is 3.85. The minimum atomic E-state index is -0.439. The number of fused-ring (bicyclic) bond motifs is 1. The number of halogens is 2. The molecule has 2 aromatic carbocycles. The first-order valence-electron chi connectivity index (χ1n) is 6.53. The van der Waals surface area contributed by atoms with Crippen molar-refractivity contribution in [3.05, 3.63) is 52.9 Å². The van der Waals surface area contributed by atoms with Crippen molar-refractivity contribution in [3.63, 3.8) is 0 Å². The molecule has 0 amide bonds. The minimum absolute atomic E-state index is 0.195. The fourth-order valence-corrected chi connectivity index (χ4v) is 2.57. The van der Waals surface area contributed by atoms with Crippen molar-refractivity contribution < 1.29 is 9.13 Å². The largest absolute Gasteiger partial charge is 0.494 e. The van der Waals surface area contributed by atoms with Crippen LogP contribution in [-0.4, -0.2) is 12.1 Å². The molecule has 0 aliphatic heterocycles. The van der Waals surface area contributed by atoms with E-state index >= 15 is 0 Å². The van der Waals surface area contributed by atoms with E-state index in [0.29, 0.717) is 17.1 Å². The van der Waals surface area contributed by atoms with Gasteiger partial charge in [0, 0.05) is 21.6 Å².